The molecular weight excluding hydrogens is 658 g/mol. The second-order valence-electron chi connectivity index (χ2n) is 12.4. The average Bonchev–Trinajstić information content (AvgIpc) is 3.64. The van der Waals surface area contributed by atoms with Crippen LogP contribution in [0.2, 0.25) is 0 Å². The van der Waals surface area contributed by atoms with Crippen molar-refractivity contribution >= 4 is 39.6 Å². The molecule has 11 nitrogen and oxygen atoms in total. The summed E-state index contributed by atoms with van der Waals surface area (Å²) >= 11 is 3.59. The largest absolute Gasteiger partial charge is 0.455 e. The summed E-state index contributed by atoms with van der Waals surface area (Å²) in [4.78, 5) is 59.7. The summed E-state index contributed by atoms with van der Waals surface area (Å²) in [6, 6.07) is 6.63. The summed E-state index contributed by atoms with van der Waals surface area (Å²) in [5.41, 5.74) is -0.788. The number of carbonyl (C=O) groups is 4. The minimum Gasteiger partial charge on any atom is -0.455 e. The van der Waals surface area contributed by atoms with Crippen LogP contribution in [0.25, 0.3) is 0 Å². The van der Waals surface area contributed by atoms with Crippen LogP contribution in [0.3, 0.4) is 0 Å². The Bertz CT molecular complexity index is 1350. The molecule has 1 aromatic rings. The summed E-state index contributed by atoms with van der Waals surface area (Å²) < 4.78 is 18.9. The van der Waals surface area contributed by atoms with Gasteiger partial charge in [-0.25, -0.2) is 0 Å². The minimum absolute atomic E-state index is 0.0698. The number of esters is 1. The third-order valence-electron chi connectivity index (χ3n) is 9.50. The van der Waals surface area contributed by atoms with Crippen molar-refractivity contribution in [1.82, 2.24) is 15.1 Å². The number of halogens is 1. The number of methoxy groups -OCH3 is 1. The van der Waals surface area contributed by atoms with Crippen molar-refractivity contribution in [3.63, 3.8) is 0 Å². The lowest BCUT2D eigenvalue weighted by Gasteiger charge is -2.38. The second-order valence-corrected chi connectivity index (χ2v) is 13.3. The fourth-order valence-electron chi connectivity index (χ4n) is 7.25. The van der Waals surface area contributed by atoms with Gasteiger partial charge in [0.2, 0.25) is 17.7 Å². The van der Waals surface area contributed by atoms with Crippen LogP contribution in [0, 0.1) is 11.8 Å². The standard InChI is InChI=1S/C34H44BrN3O8/c1-4-6-16-37-17-12-8-11-15-25(40)36-24(20-44-3)28(21-13-9-7-10-14-21)45-33(43)26-27-31(41)38(22(5-2)19-39)30(32(37)42)34(27)18-23(35)29(26)46-34/h7-10,12-14,18,22,24,26-30,39H,4-6,11,15-17,19-20H2,1-3H3,(H,36,40)/b12-8-/t22-,24+,26-,27+,28+,29-,30-,34+/m0/s1. The quantitative estimate of drug-likeness (QED) is 0.297. The van der Waals surface area contributed by atoms with Gasteiger partial charge >= 0.3 is 5.97 Å². The SMILES string of the molecule is CCCCN1C/C=C\CCC(=O)N[C@H](COC)[C@@H](c2ccccc2)OC(=O)[C@@H]2[C@H]3O[C@@]4(C=C3Br)[C@H](C1=O)N([C@@H](CC)CO)C(=O)[C@@H]24. The van der Waals surface area contributed by atoms with Crippen LogP contribution in [0.5, 0.6) is 0 Å². The van der Waals surface area contributed by atoms with Crippen LogP contribution in [-0.2, 0) is 33.4 Å². The molecule has 5 bridgehead atoms. The number of benzene rings is 1. The molecule has 3 amide bonds. The third-order valence-corrected chi connectivity index (χ3v) is 10.2. The van der Waals surface area contributed by atoms with E-state index in [-0.39, 0.29) is 38.0 Å². The maximum atomic E-state index is 14.6. The molecule has 12 heteroatoms. The van der Waals surface area contributed by atoms with Gasteiger partial charge in [-0.2, -0.15) is 0 Å². The molecule has 4 aliphatic heterocycles. The number of aliphatic hydroxyl groups excluding tert-OH is 1. The van der Waals surface area contributed by atoms with Crippen molar-refractivity contribution in [2.45, 2.75) is 81.9 Å². The first-order chi connectivity index (χ1) is 22.2. The molecule has 5 rings (SSSR count). The number of ether oxygens (including phenoxy) is 3. The lowest BCUT2D eigenvalue weighted by atomic mass is 9.74. The Kier molecular flexibility index (Phi) is 11.0. The number of unbranched alkanes of at least 4 members (excludes halogenated alkanes) is 1. The maximum Gasteiger partial charge on any atom is 0.313 e. The minimum atomic E-state index is -1.44. The van der Waals surface area contributed by atoms with Crippen molar-refractivity contribution < 1.29 is 38.5 Å². The van der Waals surface area contributed by atoms with Crippen molar-refractivity contribution in [3.05, 3.63) is 58.6 Å². The van der Waals surface area contributed by atoms with E-state index in [4.69, 9.17) is 14.2 Å². The predicted octanol–water partition coefficient (Wildman–Crippen LogP) is 3.02. The van der Waals surface area contributed by atoms with E-state index >= 15 is 0 Å². The zero-order chi connectivity index (χ0) is 33.0. The van der Waals surface area contributed by atoms with E-state index < -0.39 is 59.6 Å². The monoisotopic (exact) mass is 701 g/mol. The number of amides is 3. The Morgan fingerprint density at radius 1 is 1.11 bits per heavy atom. The molecule has 0 aromatic heterocycles. The molecule has 0 radical (unpaired) electrons. The van der Waals surface area contributed by atoms with E-state index in [1.54, 1.807) is 11.0 Å². The highest BCUT2D eigenvalue weighted by molar-refractivity contribution is 9.11. The Balaban J connectivity index is 1.63. The van der Waals surface area contributed by atoms with Crippen LogP contribution >= 0.6 is 15.9 Å². The molecule has 0 saturated carbocycles. The second kappa shape index (κ2) is 14.8. The van der Waals surface area contributed by atoms with E-state index in [2.05, 4.69) is 21.2 Å². The zero-order valence-corrected chi connectivity index (χ0v) is 28.2. The normalized spacial score (nSPS) is 33.0. The average molecular weight is 703 g/mol. The van der Waals surface area contributed by atoms with Gasteiger partial charge in [0.25, 0.3) is 0 Å². The number of fused-ring (bicyclic) bond motifs is 2. The van der Waals surface area contributed by atoms with Crippen LogP contribution in [0.15, 0.2) is 53.0 Å². The van der Waals surface area contributed by atoms with E-state index in [9.17, 15) is 24.3 Å². The molecule has 1 aromatic carbocycles. The van der Waals surface area contributed by atoms with Crippen molar-refractivity contribution in [2.75, 3.05) is 33.4 Å². The van der Waals surface area contributed by atoms with Gasteiger partial charge in [0.15, 0.2) is 0 Å². The number of hydrogen-bond donors (Lipinski definition) is 2. The molecule has 46 heavy (non-hydrogen) atoms. The first kappa shape index (κ1) is 34.3. The number of carbonyl (C=O) groups excluding carboxylic acids is 4. The highest BCUT2D eigenvalue weighted by atomic mass is 79.9. The Morgan fingerprint density at radius 2 is 1.87 bits per heavy atom. The number of cyclic esters (lactones) is 1. The number of rotatable bonds is 9. The van der Waals surface area contributed by atoms with Gasteiger partial charge in [0, 0.05) is 31.1 Å². The zero-order valence-electron chi connectivity index (χ0n) is 26.6. The van der Waals surface area contributed by atoms with Gasteiger partial charge in [0.1, 0.15) is 29.8 Å². The summed E-state index contributed by atoms with van der Waals surface area (Å²) in [6.45, 7) is 4.34. The summed E-state index contributed by atoms with van der Waals surface area (Å²) in [6.07, 6.45) is 6.35. The molecule has 2 fully saturated rings. The van der Waals surface area contributed by atoms with Crippen molar-refractivity contribution in [1.29, 1.82) is 0 Å². The number of nitrogens with one attached hydrogen (secondary N) is 1. The van der Waals surface area contributed by atoms with E-state index in [1.165, 1.54) is 12.0 Å². The molecule has 250 valence electrons. The van der Waals surface area contributed by atoms with Gasteiger partial charge in [-0.1, -0.05) is 78.7 Å². The maximum absolute atomic E-state index is 14.6. The fourth-order valence-corrected chi connectivity index (χ4v) is 7.99. The molecule has 0 unspecified atom stereocenters. The van der Waals surface area contributed by atoms with E-state index in [0.29, 0.717) is 29.4 Å². The molecule has 8 atom stereocenters. The highest BCUT2D eigenvalue weighted by Crippen LogP contribution is 2.59. The van der Waals surface area contributed by atoms with Crippen LogP contribution in [-0.4, -0.2) is 102 Å². The van der Waals surface area contributed by atoms with Gasteiger partial charge < -0.3 is 34.4 Å². The first-order valence-corrected chi connectivity index (χ1v) is 17.0. The van der Waals surface area contributed by atoms with E-state index in [0.717, 1.165) is 12.8 Å². The highest BCUT2D eigenvalue weighted by Gasteiger charge is 2.75. The number of likely N-dealkylation sites (tertiary alicyclic amines) is 1. The predicted molar refractivity (Wildman–Crippen MR) is 172 cm³/mol. The van der Waals surface area contributed by atoms with Crippen molar-refractivity contribution in [3.8, 4) is 0 Å². The topological polar surface area (TPSA) is 135 Å². The summed E-state index contributed by atoms with van der Waals surface area (Å²) in [5, 5.41) is 13.4. The Morgan fingerprint density at radius 3 is 2.54 bits per heavy atom. The first-order valence-electron chi connectivity index (χ1n) is 16.2. The van der Waals surface area contributed by atoms with Gasteiger partial charge in [-0.15, -0.1) is 0 Å². The summed E-state index contributed by atoms with van der Waals surface area (Å²) in [5.74, 6) is -3.78. The molecular formula is C34H44BrN3O8. The molecule has 2 N–H and O–H groups in total. The fraction of sp³-hybridized carbons (Fsp3) is 0.588. The van der Waals surface area contributed by atoms with Crippen LogP contribution in [0.4, 0.5) is 0 Å². The van der Waals surface area contributed by atoms with Crippen LogP contribution in [0.1, 0.15) is 57.6 Å². The summed E-state index contributed by atoms with van der Waals surface area (Å²) in [7, 11) is 1.51. The van der Waals surface area contributed by atoms with Gasteiger partial charge in [0.05, 0.1) is 31.2 Å². The lowest BCUT2D eigenvalue weighted by molar-refractivity contribution is -0.163. The molecule has 4 heterocycles. The molecule has 4 aliphatic rings. The van der Waals surface area contributed by atoms with Crippen molar-refractivity contribution in [2.24, 2.45) is 11.8 Å². The van der Waals surface area contributed by atoms with Gasteiger partial charge in [-0.05, 0) is 30.9 Å². The number of nitrogens with zero attached hydrogens (tertiary/aromatic N) is 2. The smallest absolute Gasteiger partial charge is 0.313 e. The van der Waals surface area contributed by atoms with Gasteiger partial charge in [-0.3, -0.25) is 19.2 Å². The Labute approximate surface area is 278 Å². The molecule has 1 spiro atoms. The van der Waals surface area contributed by atoms with Crippen LogP contribution < -0.4 is 5.32 Å². The number of allylic oxidation sites excluding steroid dienone is 1. The molecule has 0 aliphatic carbocycles. The number of aliphatic hydroxyl groups is 1. The lowest BCUT2D eigenvalue weighted by Crippen LogP contribution is -2.58. The number of hydrogen-bond acceptors (Lipinski definition) is 8. The van der Waals surface area contributed by atoms with E-state index in [1.807, 2.05) is 56.3 Å². The Hall–Kier alpha value is -3.06. The third kappa shape index (κ3) is 6.28. The molecule has 2 saturated heterocycles.